The minimum atomic E-state index is 0.781. The fraction of sp³-hybridized carbons (Fsp3) is 0.692. The maximum Gasteiger partial charge on any atom is -0.00478 e. The van der Waals surface area contributed by atoms with Crippen molar-refractivity contribution < 1.29 is 0 Å². The molecule has 3 aliphatic rings. The van der Waals surface area contributed by atoms with Crippen LogP contribution >= 0.6 is 0 Å². The third kappa shape index (κ3) is 1.72. The van der Waals surface area contributed by atoms with Crippen molar-refractivity contribution in [2.75, 3.05) is 0 Å². The average Bonchev–Trinajstić information content (AvgIpc) is 2.47. The molecule has 72 valence electrons. The molecule has 13 heavy (non-hydrogen) atoms. The molecule has 0 aromatic heterocycles. The maximum atomic E-state index is 2.54. The van der Waals surface area contributed by atoms with E-state index >= 15 is 0 Å². The number of allylic oxidation sites excluding steroid dienone is 4. The van der Waals surface area contributed by atoms with Crippen LogP contribution in [0.1, 0.15) is 46.0 Å². The Kier molecular flexibility index (Phi) is 2.57. The molecule has 0 fully saturated rings. The molecule has 2 atom stereocenters. The predicted octanol–water partition coefficient (Wildman–Crippen LogP) is 4.09. The second-order valence-corrected chi connectivity index (χ2v) is 4.42. The SMILES string of the molecule is CCC1=CC2C=C(CC)C(CC2)C1. The number of rotatable bonds is 2. The van der Waals surface area contributed by atoms with Crippen LogP contribution in [-0.2, 0) is 0 Å². The molecule has 0 aromatic carbocycles. The lowest BCUT2D eigenvalue weighted by Gasteiger charge is -2.23. The lowest BCUT2D eigenvalue weighted by atomic mass is 9.82. The van der Waals surface area contributed by atoms with E-state index in [1.807, 2.05) is 0 Å². The Morgan fingerprint density at radius 3 is 2.69 bits per heavy atom. The van der Waals surface area contributed by atoms with Gasteiger partial charge < -0.3 is 0 Å². The van der Waals surface area contributed by atoms with Crippen molar-refractivity contribution in [2.24, 2.45) is 11.8 Å². The minimum absolute atomic E-state index is 0.781. The summed E-state index contributed by atoms with van der Waals surface area (Å²) in [7, 11) is 0. The van der Waals surface area contributed by atoms with Gasteiger partial charge >= 0.3 is 0 Å². The largest absolute Gasteiger partial charge is 0.0784 e. The summed E-state index contributed by atoms with van der Waals surface area (Å²) in [6.45, 7) is 4.60. The van der Waals surface area contributed by atoms with Crippen LogP contribution in [0.2, 0.25) is 0 Å². The van der Waals surface area contributed by atoms with Gasteiger partial charge in [-0.25, -0.2) is 0 Å². The fourth-order valence-corrected chi connectivity index (χ4v) is 2.79. The number of hydrogen-bond acceptors (Lipinski definition) is 0. The van der Waals surface area contributed by atoms with Gasteiger partial charge in [0, 0.05) is 0 Å². The van der Waals surface area contributed by atoms with Crippen molar-refractivity contribution in [2.45, 2.75) is 46.0 Å². The van der Waals surface area contributed by atoms with Crippen LogP contribution in [0.3, 0.4) is 0 Å². The van der Waals surface area contributed by atoms with E-state index < -0.39 is 0 Å². The van der Waals surface area contributed by atoms with Crippen molar-refractivity contribution in [3.63, 3.8) is 0 Å². The zero-order valence-electron chi connectivity index (χ0n) is 8.84. The molecule has 2 unspecified atom stereocenters. The molecule has 0 N–H and O–H groups in total. The van der Waals surface area contributed by atoms with Crippen LogP contribution < -0.4 is 0 Å². The monoisotopic (exact) mass is 176 g/mol. The van der Waals surface area contributed by atoms with Crippen LogP contribution in [0, 0.1) is 11.8 Å². The molecule has 3 rings (SSSR count). The Hall–Kier alpha value is -0.520. The van der Waals surface area contributed by atoms with E-state index in [0.29, 0.717) is 0 Å². The zero-order chi connectivity index (χ0) is 9.26. The average molecular weight is 176 g/mol. The second-order valence-electron chi connectivity index (χ2n) is 4.42. The zero-order valence-corrected chi connectivity index (χ0v) is 8.84. The van der Waals surface area contributed by atoms with Crippen molar-refractivity contribution in [3.8, 4) is 0 Å². The molecule has 0 heteroatoms. The summed E-state index contributed by atoms with van der Waals surface area (Å²) in [5.74, 6) is 1.68. The summed E-state index contributed by atoms with van der Waals surface area (Å²) in [6, 6.07) is 0. The quantitative estimate of drug-likeness (QED) is 0.556. The van der Waals surface area contributed by atoms with Crippen molar-refractivity contribution in [3.05, 3.63) is 23.3 Å². The molecule has 0 spiro atoms. The first-order valence-electron chi connectivity index (χ1n) is 5.73. The number of fused-ring (bicyclic) bond motifs is 2. The molecule has 0 amide bonds. The summed E-state index contributed by atoms with van der Waals surface area (Å²) >= 11 is 0. The molecular formula is C13H20. The van der Waals surface area contributed by atoms with Gasteiger partial charge in [0.1, 0.15) is 0 Å². The summed E-state index contributed by atoms with van der Waals surface area (Å²) < 4.78 is 0. The Balaban J connectivity index is 2.22. The summed E-state index contributed by atoms with van der Waals surface area (Å²) in [6.07, 6.45) is 11.8. The van der Waals surface area contributed by atoms with Crippen LogP contribution in [-0.4, -0.2) is 0 Å². The first-order chi connectivity index (χ1) is 6.33. The van der Waals surface area contributed by atoms with Gasteiger partial charge in [0.15, 0.2) is 0 Å². The van der Waals surface area contributed by atoms with Crippen molar-refractivity contribution in [1.82, 2.24) is 0 Å². The smallest absolute Gasteiger partial charge is 0.00478 e. The van der Waals surface area contributed by atoms with E-state index in [1.165, 1.54) is 32.1 Å². The maximum absolute atomic E-state index is 2.54. The van der Waals surface area contributed by atoms with Crippen LogP contribution in [0.4, 0.5) is 0 Å². The Morgan fingerprint density at radius 1 is 1.15 bits per heavy atom. The molecule has 0 nitrogen and oxygen atoms in total. The molecule has 2 bridgehead atoms. The van der Waals surface area contributed by atoms with Crippen LogP contribution in [0.25, 0.3) is 0 Å². The van der Waals surface area contributed by atoms with Gasteiger partial charge in [0.2, 0.25) is 0 Å². The third-order valence-electron chi connectivity index (χ3n) is 3.62. The molecule has 0 aromatic rings. The molecule has 0 aliphatic heterocycles. The van der Waals surface area contributed by atoms with E-state index in [4.69, 9.17) is 0 Å². The van der Waals surface area contributed by atoms with E-state index in [1.54, 1.807) is 11.1 Å². The summed E-state index contributed by atoms with van der Waals surface area (Å²) in [5.41, 5.74) is 3.43. The van der Waals surface area contributed by atoms with Gasteiger partial charge in [-0.3, -0.25) is 0 Å². The predicted molar refractivity (Wildman–Crippen MR) is 57.6 cm³/mol. The normalized spacial score (nSPS) is 32.5. The molecule has 3 aliphatic carbocycles. The van der Waals surface area contributed by atoms with Gasteiger partial charge in [-0.1, -0.05) is 37.1 Å². The van der Waals surface area contributed by atoms with Gasteiger partial charge in [-0.05, 0) is 43.9 Å². The van der Waals surface area contributed by atoms with E-state index in [2.05, 4.69) is 26.0 Å². The second kappa shape index (κ2) is 3.69. The first-order valence-corrected chi connectivity index (χ1v) is 5.73. The number of hydrogen-bond donors (Lipinski definition) is 0. The molecule has 0 heterocycles. The molecular weight excluding hydrogens is 156 g/mol. The Labute approximate surface area is 81.7 Å². The lowest BCUT2D eigenvalue weighted by Crippen LogP contribution is -2.09. The molecule has 0 saturated heterocycles. The molecule has 0 radical (unpaired) electrons. The Bertz CT molecular complexity index is 245. The highest BCUT2D eigenvalue weighted by atomic mass is 14.3. The summed E-state index contributed by atoms with van der Waals surface area (Å²) in [4.78, 5) is 0. The fourth-order valence-electron chi connectivity index (χ4n) is 2.79. The van der Waals surface area contributed by atoms with Gasteiger partial charge in [0.05, 0.1) is 0 Å². The van der Waals surface area contributed by atoms with E-state index in [0.717, 1.165) is 11.8 Å². The van der Waals surface area contributed by atoms with Gasteiger partial charge in [-0.2, -0.15) is 0 Å². The topological polar surface area (TPSA) is 0 Å². The lowest BCUT2D eigenvalue weighted by molar-refractivity contribution is 0.477. The van der Waals surface area contributed by atoms with Crippen LogP contribution in [0.15, 0.2) is 23.3 Å². The Morgan fingerprint density at radius 2 is 2.00 bits per heavy atom. The van der Waals surface area contributed by atoms with Gasteiger partial charge in [0.25, 0.3) is 0 Å². The van der Waals surface area contributed by atoms with E-state index in [-0.39, 0.29) is 0 Å². The van der Waals surface area contributed by atoms with Crippen molar-refractivity contribution in [1.29, 1.82) is 0 Å². The summed E-state index contributed by atoms with van der Waals surface area (Å²) in [5, 5.41) is 0. The van der Waals surface area contributed by atoms with Crippen LogP contribution in [0.5, 0.6) is 0 Å². The first kappa shape index (κ1) is 9.05. The molecule has 0 saturated carbocycles. The third-order valence-corrected chi connectivity index (χ3v) is 3.62. The highest BCUT2D eigenvalue weighted by Gasteiger charge is 2.25. The van der Waals surface area contributed by atoms with E-state index in [9.17, 15) is 0 Å². The van der Waals surface area contributed by atoms with Gasteiger partial charge in [-0.15, -0.1) is 0 Å². The minimum Gasteiger partial charge on any atom is -0.0784 e. The van der Waals surface area contributed by atoms with Crippen molar-refractivity contribution >= 4 is 0 Å². The highest BCUT2D eigenvalue weighted by Crippen LogP contribution is 2.39. The standard InChI is InChI=1S/C13H20/c1-3-10-7-11-5-6-13(8-10)12(4-2)9-11/h7,9,11,13H,3-6,8H2,1-2H3. The highest BCUT2D eigenvalue weighted by molar-refractivity contribution is 5.24.